The molecular formula is C45H51N4O14S2+. The van der Waals surface area contributed by atoms with Crippen LogP contribution in [0, 0.1) is 0 Å². The Morgan fingerprint density at radius 3 is 1.71 bits per heavy atom. The molecule has 0 unspecified atom stereocenters. The smallest absolute Gasteiger partial charge is 0.344 e. The Bertz CT molecular complexity index is 2680. The minimum absolute atomic E-state index is 0.0448. The molecule has 0 aromatic heterocycles. The fourth-order valence-corrected chi connectivity index (χ4v) is 9.41. The topological polar surface area (TPSA) is 242 Å². The van der Waals surface area contributed by atoms with Gasteiger partial charge in [0.05, 0.1) is 28.0 Å². The van der Waals surface area contributed by atoms with Gasteiger partial charge in [-0.3, -0.25) is 28.3 Å². The fourth-order valence-electron chi connectivity index (χ4n) is 8.27. The van der Waals surface area contributed by atoms with E-state index in [2.05, 4.69) is 0 Å². The summed E-state index contributed by atoms with van der Waals surface area (Å²) in [6.45, 7) is 8.60. The summed E-state index contributed by atoms with van der Waals surface area (Å²) in [6, 6.07) is 9.80. The average Bonchev–Trinajstić information content (AvgIpc) is 3.86. The van der Waals surface area contributed by atoms with Crippen LogP contribution in [0.3, 0.4) is 0 Å². The fraction of sp³-hybridized carbons (Fsp3) is 0.400. The van der Waals surface area contributed by atoms with Gasteiger partial charge in [0.25, 0.3) is 43.9 Å². The van der Waals surface area contributed by atoms with Gasteiger partial charge in [-0.2, -0.15) is 21.4 Å². The van der Waals surface area contributed by atoms with Crippen LogP contribution in [-0.4, -0.2) is 107 Å². The standard InChI is InChI=1S/C45H50N4O14S2/c1-44(2)32-28-30(42(54)62-48-38(50)20-21-39(48)51)16-18-34(32)46(24-10-12-26-64(56,57)58)36(44)14-8-6-5-7-9-15-37-45(3,4)33-29-31(43(55)63-49-40(52)22-23-41(49)53)17-19-35(33)47(37)25-11-13-27-65(59,60)61/h5-9,14-19,28-29H,10-13,20-27H2,1-4H3,(H-,56,57,58,59,60,61)/p+1. The first-order chi connectivity index (χ1) is 30.5. The third-order valence-electron chi connectivity index (χ3n) is 11.6. The van der Waals surface area contributed by atoms with Crippen LogP contribution in [0.5, 0.6) is 0 Å². The number of allylic oxidation sites excluding steroid dienone is 8. The highest BCUT2D eigenvalue weighted by Gasteiger charge is 2.45. The lowest BCUT2D eigenvalue weighted by atomic mass is 9.81. The second-order valence-electron chi connectivity index (χ2n) is 17.0. The molecule has 65 heavy (non-hydrogen) atoms. The van der Waals surface area contributed by atoms with Crippen molar-refractivity contribution in [2.24, 2.45) is 0 Å². The second-order valence-corrected chi connectivity index (χ2v) is 20.1. The number of anilines is 1. The van der Waals surface area contributed by atoms with Gasteiger partial charge in [-0.05, 0) is 75.1 Å². The molecule has 18 nitrogen and oxygen atoms in total. The number of benzene rings is 2. The molecule has 4 aliphatic heterocycles. The Morgan fingerprint density at radius 2 is 1.15 bits per heavy atom. The third kappa shape index (κ3) is 11.1. The molecule has 4 heterocycles. The Kier molecular flexibility index (Phi) is 14.3. The summed E-state index contributed by atoms with van der Waals surface area (Å²) in [5, 5.41) is 0.979. The summed E-state index contributed by atoms with van der Waals surface area (Å²) in [5.41, 5.74) is 3.53. The number of carbonyl (C=O) groups excluding carboxylic acids is 6. The minimum atomic E-state index is -4.16. The van der Waals surface area contributed by atoms with E-state index in [1.165, 1.54) is 12.1 Å². The van der Waals surface area contributed by atoms with Gasteiger partial charge in [0.1, 0.15) is 6.54 Å². The van der Waals surface area contributed by atoms with Crippen molar-refractivity contribution < 1.29 is 69.0 Å². The molecule has 0 saturated carbocycles. The average molecular weight is 936 g/mol. The maximum Gasteiger partial charge on any atom is 0.363 e. The zero-order valence-electron chi connectivity index (χ0n) is 36.4. The van der Waals surface area contributed by atoms with Gasteiger partial charge in [-0.15, -0.1) is 10.1 Å². The van der Waals surface area contributed by atoms with Crippen molar-refractivity contribution >= 4 is 72.9 Å². The predicted molar refractivity (Wildman–Crippen MR) is 236 cm³/mol. The molecule has 4 aliphatic rings. The van der Waals surface area contributed by atoms with Crippen LogP contribution >= 0.6 is 0 Å². The maximum atomic E-state index is 13.1. The lowest BCUT2D eigenvalue weighted by Crippen LogP contribution is -2.32. The molecule has 0 radical (unpaired) electrons. The Balaban J connectivity index is 1.22. The van der Waals surface area contributed by atoms with Crippen molar-refractivity contribution in [3.05, 3.63) is 107 Å². The quantitative estimate of drug-likeness (QED) is 0.0643. The van der Waals surface area contributed by atoms with Crippen LogP contribution in [0.1, 0.15) is 111 Å². The molecule has 0 aliphatic carbocycles. The van der Waals surface area contributed by atoms with Crippen molar-refractivity contribution in [1.29, 1.82) is 0 Å². The summed E-state index contributed by atoms with van der Waals surface area (Å²) in [4.78, 5) is 86.9. The van der Waals surface area contributed by atoms with Gasteiger partial charge < -0.3 is 14.6 Å². The Labute approximate surface area is 376 Å². The number of carbonyl (C=O) groups is 6. The number of hydrogen-bond acceptors (Lipinski definition) is 13. The van der Waals surface area contributed by atoms with E-state index in [0.29, 0.717) is 36.1 Å². The van der Waals surface area contributed by atoms with Crippen molar-refractivity contribution in [3.63, 3.8) is 0 Å². The van der Waals surface area contributed by atoms with Crippen molar-refractivity contribution in [2.45, 2.75) is 89.9 Å². The predicted octanol–water partition coefficient (Wildman–Crippen LogP) is 5.19. The molecule has 2 saturated heterocycles. The van der Waals surface area contributed by atoms with Gasteiger partial charge in [-0.25, -0.2) is 9.59 Å². The number of hydrogen-bond donors (Lipinski definition) is 2. The zero-order valence-corrected chi connectivity index (χ0v) is 38.0. The maximum absolute atomic E-state index is 13.1. The zero-order chi connectivity index (χ0) is 47.5. The van der Waals surface area contributed by atoms with E-state index < -0.39 is 78.1 Å². The number of nitrogens with zero attached hydrogens (tertiary/aromatic N) is 4. The molecule has 0 bridgehead atoms. The number of unbranched alkanes of at least 4 members (excludes halogenated alkanes) is 2. The first-order valence-corrected chi connectivity index (χ1v) is 24.2. The van der Waals surface area contributed by atoms with Gasteiger partial charge in [-0.1, -0.05) is 44.2 Å². The van der Waals surface area contributed by atoms with Gasteiger partial charge in [0.15, 0.2) is 5.71 Å². The molecule has 2 aromatic rings. The van der Waals surface area contributed by atoms with Crippen LogP contribution in [0.15, 0.2) is 84.6 Å². The first-order valence-electron chi connectivity index (χ1n) is 21.0. The summed E-state index contributed by atoms with van der Waals surface area (Å²) >= 11 is 0. The highest BCUT2D eigenvalue weighted by Crippen LogP contribution is 2.48. The largest absolute Gasteiger partial charge is 0.363 e. The van der Waals surface area contributed by atoms with E-state index in [4.69, 9.17) is 9.68 Å². The summed E-state index contributed by atoms with van der Waals surface area (Å²) in [6.07, 6.45) is 13.9. The highest BCUT2D eigenvalue weighted by molar-refractivity contribution is 7.86. The van der Waals surface area contributed by atoms with Crippen LogP contribution in [0.25, 0.3) is 0 Å². The molecule has 0 atom stereocenters. The van der Waals surface area contributed by atoms with Crippen LogP contribution in [0.4, 0.5) is 11.4 Å². The molecule has 0 spiro atoms. The van der Waals surface area contributed by atoms with Crippen molar-refractivity contribution in [3.8, 4) is 0 Å². The van der Waals surface area contributed by atoms with Crippen molar-refractivity contribution in [1.82, 2.24) is 10.1 Å². The number of amides is 4. The molecule has 20 heteroatoms. The SMILES string of the molecule is CC1(C)C(/C=C/C=C/C=C/C=C2/N(CCCCS(=O)(=O)O)c3ccc(C(=O)ON4C(=O)CCC4=O)cc3C2(C)C)=[N+](CCCCS(=O)(=O)O)c2ccc(C(=O)ON3C(=O)CCC3=O)cc21. The second kappa shape index (κ2) is 19.2. The molecule has 346 valence electrons. The normalized spacial score (nSPS) is 19.0. The number of rotatable bonds is 18. The van der Waals surface area contributed by atoms with Crippen molar-refractivity contribution in [2.75, 3.05) is 29.5 Å². The molecule has 6 rings (SSSR count). The summed E-state index contributed by atoms with van der Waals surface area (Å²) in [7, 11) is -8.31. The molecule has 4 amide bonds. The summed E-state index contributed by atoms with van der Waals surface area (Å²) in [5.74, 6) is -4.94. The van der Waals surface area contributed by atoms with Gasteiger partial charge >= 0.3 is 11.9 Å². The molecule has 2 fully saturated rings. The lowest BCUT2D eigenvalue weighted by molar-refractivity contribution is -0.438. The van der Waals surface area contributed by atoms with E-state index in [1.807, 2.05) is 61.5 Å². The first kappa shape index (κ1) is 48.4. The number of imide groups is 2. The summed E-state index contributed by atoms with van der Waals surface area (Å²) < 4.78 is 66.3. The van der Waals surface area contributed by atoms with Crippen LogP contribution < -0.4 is 4.90 Å². The number of hydroxylamine groups is 4. The van der Waals surface area contributed by atoms with E-state index in [1.54, 1.807) is 42.5 Å². The molecular weight excluding hydrogens is 885 g/mol. The van der Waals surface area contributed by atoms with E-state index in [9.17, 15) is 54.7 Å². The van der Waals surface area contributed by atoms with Crippen LogP contribution in [-0.2, 0) is 59.9 Å². The molecule has 2 N–H and O–H groups in total. The van der Waals surface area contributed by atoms with Crippen LogP contribution in [0.2, 0.25) is 0 Å². The Hall–Kier alpha value is -6.09. The monoisotopic (exact) mass is 935 g/mol. The van der Waals surface area contributed by atoms with E-state index in [0.717, 1.165) is 33.9 Å². The van der Waals surface area contributed by atoms with E-state index >= 15 is 0 Å². The Morgan fingerprint density at radius 1 is 0.662 bits per heavy atom. The lowest BCUT2D eigenvalue weighted by Gasteiger charge is -2.27. The van der Waals surface area contributed by atoms with E-state index in [-0.39, 0.29) is 49.7 Å². The van der Waals surface area contributed by atoms with Gasteiger partial charge in [0, 0.05) is 73.2 Å². The highest BCUT2D eigenvalue weighted by atomic mass is 32.2. The van der Waals surface area contributed by atoms with Gasteiger partial charge in [0.2, 0.25) is 5.69 Å². The number of fused-ring (bicyclic) bond motifs is 2. The molecule has 2 aromatic carbocycles. The third-order valence-corrected chi connectivity index (χ3v) is 13.2. The minimum Gasteiger partial charge on any atom is -0.344 e.